The molecular weight excluding hydrogens is 338 g/mol. The summed E-state index contributed by atoms with van der Waals surface area (Å²) in [6, 6.07) is 5.25. The van der Waals surface area contributed by atoms with E-state index in [4.69, 9.17) is 0 Å². The molecule has 7 heteroatoms. The van der Waals surface area contributed by atoms with E-state index in [1.807, 2.05) is 25.7 Å². The van der Waals surface area contributed by atoms with E-state index >= 15 is 0 Å². The van der Waals surface area contributed by atoms with Crippen molar-refractivity contribution in [1.29, 1.82) is 0 Å². The number of nitrogens with zero attached hydrogens (tertiary/aromatic N) is 2. The van der Waals surface area contributed by atoms with Crippen LogP contribution in [0.15, 0.2) is 23.1 Å². The minimum absolute atomic E-state index is 0.0605. The van der Waals surface area contributed by atoms with Crippen LogP contribution < -0.4 is 5.32 Å². The third-order valence-electron chi connectivity index (χ3n) is 5.05. The molecule has 0 aliphatic carbocycles. The molecule has 1 aromatic rings. The van der Waals surface area contributed by atoms with Crippen LogP contribution >= 0.6 is 0 Å². The number of aryl methyl sites for hydroxylation is 1. The molecule has 0 aromatic heterocycles. The first-order chi connectivity index (χ1) is 11.7. The molecule has 2 rings (SSSR count). The molecular formula is C18H29N3O3S. The number of carbonyl (C=O) groups excluding carboxylic acids is 1. The lowest BCUT2D eigenvalue weighted by Crippen LogP contribution is -2.57. The van der Waals surface area contributed by atoms with Crippen LogP contribution in [-0.2, 0) is 10.0 Å². The summed E-state index contributed by atoms with van der Waals surface area (Å²) in [5.41, 5.74) is 1.09. The molecule has 140 valence electrons. The fraction of sp³-hybridized carbons (Fsp3) is 0.611. The number of rotatable bonds is 5. The molecule has 0 bridgehead atoms. The summed E-state index contributed by atoms with van der Waals surface area (Å²) >= 11 is 0. The summed E-state index contributed by atoms with van der Waals surface area (Å²) in [6.45, 7) is 11.6. The minimum atomic E-state index is -3.59. The van der Waals surface area contributed by atoms with Crippen LogP contribution in [0.3, 0.4) is 0 Å². The van der Waals surface area contributed by atoms with E-state index in [1.165, 1.54) is 10.4 Å². The highest BCUT2D eigenvalue weighted by molar-refractivity contribution is 7.89. The highest BCUT2D eigenvalue weighted by Gasteiger charge is 2.30. The van der Waals surface area contributed by atoms with Crippen molar-refractivity contribution in [2.24, 2.45) is 0 Å². The lowest BCUT2D eigenvalue weighted by molar-refractivity contribution is 0.0602. The van der Waals surface area contributed by atoms with Crippen molar-refractivity contribution in [3.05, 3.63) is 29.3 Å². The van der Waals surface area contributed by atoms with Crippen molar-refractivity contribution in [1.82, 2.24) is 14.5 Å². The summed E-state index contributed by atoms with van der Waals surface area (Å²) in [4.78, 5) is 15.0. The Hall–Kier alpha value is -1.44. The van der Waals surface area contributed by atoms with E-state index in [0.717, 1.165) is 6.54 Å². The van der Waals surface area contributed by atoms with E-state index in [0.29, 0.717) is 30.8 Å². The Morgan fingerprint density at radius 3 is 2.52 bits per heavy atom. The summed E-state index contributed by atoms with van der Waals surface area (Å²) in [5, 5.41) is 3.35. The van der Waals surface area contributed by atoms with E-state index in [-0.39, 0.29) is 22.9 Å². The topological polar surface area (TPSA) is 69.7 Å². The summed E-state index contributed by atoms with van der Waals surface area (Å²) < 4.78 is 27.2. The van der Waals surface area contributed by atoms with Gasteiger partial charge in [-0.2, -0.15) is 4.31 Å². The Morgan fingerprint density at radius 2 is 1.92 bits per heavy atom. The Balaban J connectivity index is 2.40. The molecule has 1 fully saturated rings. The number of piperazine rings is 1. The van der Waals surface area contributed by atoms with Crippen molar-refractivity contribution in [2.45, 2.75) is 51.6 Å². The van der Waals surface area contributed by atoms with Crippen LogP contribution in [0.5, 0.6) is 0 Å². The van der Waals surface area contributed by atoms with Crippen molar-refractivity contribution in [3.8, 4) is 0 Å². The van der Waals surface area contributed by atoms with Gasteiger partial charge >= 0.3 is 0 Å². The number of sulfonamides is 1. The monoisotopic (exact) mass is 367 g/mol. The van der Waals surface area contributed by atoms with Crippen LogP contribution in [0.2, 0.25) is 0 Å². The first kappa shape index (κ1) is 19.9. The summed E-state index contributed by atoms with van der Waals surface area (Å²) in [7, 11) is -3.59. The van der Waals surface area contributed by atoms with Gasteiger partial charge in [-0.05, 0) is 38.5 Å². The smallest absolute Gasteiger partial charge is 0.254 e. The van der Waals surface area contributed by atoms with Gasteiger partial charge in [0.2, 0.25) is 10.0 Å². The Kier molecular flexibility index (Phi) is 6.24. The first-order valence-electron chi connectivity index (χ1n) is 8.89. The van der Waals surface area contributed by atoms with Gasteiger partial charge in [0.25, 0.3) is 5.91 Å². The van der Waals surface area contributed by atoms with E-state index < -0.39 is 10.0 Å². The third kappa shape index (κ3) is 3.88. The number of hydrogen-bond donors (Lipinski definition) is 1. The second kappa shape index (κ2) is 7.85. The molecule has 25 heavy (non-hydrogen) atoms. The van der Waals surface area contributed by atoms with Crippen LogP contribution in [0.25, 0.3) is 0 Å². The largest absolute Gasteiger partial charge is 0.333 e. The van der Waals surface area contributed by atoms with Gasteiger partial charge in [0.05, 0.1) is 4.90 Å². The quantitative estimate of drug-likeness (QED) is 0.862. The molecule has 0 spiro atoms. The molecule has 2 unspecified atom stereocenters. The van der Waals surface area contributed by atoms with E-state index in [2.05, 4.69) is 12.2 Å². The zero-order valence-electron chi connectivity index (χ0n) is 15.7. The molecule has 0 radical (unpaired) electrons. The van der Waals surface area contributed by atoms with Gasteiger partial charge in [-0.25, -0.2) is 8.42 Å². The number of amides is 1. The normalized spacial score (nSPS) is 21.6. The molecule has 1 aromatic carbocycles. The predicted octanol–water partition coefficient (Wildman–Crippen LogP) is 1.85. The Morgan fingerprint density at radius 1 is 1.28 bits per heavy atom. The zero-order chi connectivity index (χ0) is 18.8. The summed E-state index contributed by atoms with van der Waals surface area (Å²) in [6.07, 6.45) is 0. The minimum Gasteiger partial charge on any atom is -0.333 e. The number of hydrogen-bond acceptors (Lipinski definition) is 4. The van der Waals surface area contributed by atoms with Gasteiger partial charge in [-0.3, -0.25) is 4.79 Å². The van der Waals surface area contributed by atoms with Gasteiger partial charge in [-0.15, -0.1) is 0 Å². The average Bonchev–Trinajstić information content (AvgIpc) is 2.58. The highest BCUT2D eigenvalue weighted by atomic mass is 32.2. The molecule has 0 saturated carbocycles. The van der Waals surface area contributed by atoms with Gasteiger partial charge in [0.1, 0.15) is 0 Å². The van der Waals surface area contributed by atoms with Crippen LogP contribution in [0, 0.1) is 6.92 Å². The highest BCUT2D eigenvalue weighted by Crippen LogP contribution is 2.23. The third-order valence-corrected chi connectivity index (χ3v) is 7.25. The van der Waals surface area contributed by atoms with Crippen molar-refractivity contribution in [2.75, 3.05) is 26.2 Å². The summed E-state index contributed by atoms with van der Waals surface area (Å²) in [5.74, 6) is -0.114. The molecule has 1 aliphatic heterocycles. The van der Waals surface area contributed by atoms with Crippen molar-refractivity contribution >= 4 is 15.9 Å². The number of benzene rings is 1. The molecule has 1 N–H and O–H groups in total. The maximum Gasteiger partial charge on any atom is 0.254 e. The van der Waals surface area contributed by atoms with Gasteiger partial charge in [0.15, 0.2) is 0 Å². The SMILES string of the molecule is CCN(CC)S(=O)(=O)c1cc(C(=O)N2CCNC(C)C2C)ccc1C. The van der Waals surface area contributed by atoms with Crippen LogP contribution in [-0.4, -0.2) is 61.8 Å². The molecule has 1 heterocycles. The van der Waals surface area contributed by atoms with E-state index in [9.17, 15) is 13.2 Å². The first-order valence-corrected chi connectivity index (χ1v) is 10.3. The predicted molar refractivity (Wildman–Crippen MR) is 99.2 cm³/mol. The lowest BCUT2D eigenvalue weighted by Gasteiger charge is -2.38. The zero-order valence-corrected chi connectivity index (χ0v) is 16.6. The lowest BCUT2D eigenvalue weighted by atomic mass is 10.0. The van der Waals surface area contributed by atoms with Gasteiger partial charge in [-0.1, -0.05) is 19.9 Å². The standard InChI is InChI=1S/C18H29N3O3S/c1-6-20(7-2)25(23,24)17-12-16(9-8-13(17)3)18(22)21-11-10-19-14(4)15(21)5/h8-9,12,14-15,19H,6-7,10-11H2,1-5H3. The maximum absolute atomic E-state index is 12.9. The Bertz CT molecular complexity index is 729. The number of nitrogens with one attached hydrogen (secondary N) is 1. The number of carbonyl (C=O) groups is 1. The maximum atomic E-state index is 12.9. The fourth-order valence-corrected chi connectivity index (χ4v) is 4.93. The van der Waals surface area contributed by atoms with Crippen LogP contribution in [0.4, 0.5) is 0 Å². The molecule has 1 amide bonds. The molecule has 6 nitrogen and oxygen atoms in total. The second-order valence-corrected chi connectivity index (χ2v) is 8.46. The van der Waals surface area contributed by atoms with Crippen molar-refractivity contribution < 1.29 is 13.2 Å². The second-order valence-electron chi connectivity index (χ2n) is 6.55. The van der Waals surface area contributed by atoms with Gasteiger partial charge in [0, 0.05) is 43.8 Å². The Labute approximate surface area is 151 Å². The van der Waals surface area contributed by atoms with E-state index in [1.54, 1.807) is 19.1 Å². The van der Waals surface area contributed by atoms with Gasteiger partial charge < -0.3 is 10.2 Å². The van der Waals surface area contributed by atoms with Crippen LogP contribution in [0.1, 0.15) is 43.6 Å². The van der Waals surface area contributed by atoms with Crippen molar-refractivity contribution in [3.63, 3.8) is 0 Å². The average molecular weight is 368 g/mol. The fourth-order valence-electron chi connectivity index (χ4n) is 3.22. The molecule has 2 atom stereocenters. The molecule has 1 aliphatic rings. The molecule has 1 saturated heterocycles.